The minimum atomic E-state index is -0.180. The quantitative estimate of drug-likeness (QED) is 0.741. The molecule has 1 unspecified atom stereocenters. The molecule has 2 heteroatoms. The van der Waals surface area contributed by atoms with Crippen molar-refractivity contribution in [2.75, 3.05) is 0 Å². The average molecular weight is 339 g/mol. The predicted molar refractivity (Wildman–Crippen MR) is 88.8 cm³/mol. The van der Waals surface area contributed by atoms with Crippen LogP contribution in [0.1, 0.15) is 57.4 Å². The van der Waals surface area contributed by atoms with E-state index in [2.05, 4.69) is 41.1 Å². The monoisotopic (exact) mass is 338 g/mol. The van der Waals surface area contributed by atoms with Crippen LogP contribution >= 0.6 is 15.9 Å². The van der Waals surface area contributed by atoms with Crippen molar-refractivity contribution in [3.05, 3.63) is 34.3 Å². The molecule has 1 aliphatic rings. The molecule has 0 heterocycles. The fourth-order valence-electron chi connectivity index (χ4n) is 3.41. The number of hydrogen-bond donors (Lipinski definition) is 1. The first-order valence-electron chi connectivity index (χ1n) is 8.12. The molecule has 1 saturated carbocycles. The highest BCUT2D eigenvalue weighted by molar-refractivity contribution is 9.10. The van der Waals surface area contributed by atoms with E-state index < -0.39 is 0 Å². The number of unbranched alkanes of at least 4 members (excludes halogenated alkanes) is 1. The molecule has 1 aromatic carbocycles. The van der Waals surface area contributed by atoms with Gasteiger partial charge in [-0.1, -0.05) is 73.2 Å². The van der Waals surface area contributed by atoms with E-state index in [1.54, 1.807) is 0 Å². The minimum absolute atomic E-state index is 0.180. The van der Waals surface area contributed by atoms with Gasteiger partial charge < -0.3 is 5.11 Å². The van der Waals surface area contributed by atoms with Gasteiger partial charge in [-0.25, -0.2) is 0 Å². The average Bonchev–Trinajstić information content (AvgIpc) is 2.48. The van der Waals surface area contributed by atoms with Crippen LogP contribution in [0.15, 0.2) is 28.7 Å². The van der Waals surface area contributed by atoms with Gasteiger partial charge in [-0.15, -0.1) is 0 Å². The minimum Gasteiger partial charge on any atom is -0.392 e. The maximum atomic E-state index is 10.5. The summed E-state index contributed by atoms with van der Waals surface area (Å²) in [4.78, 5) is 0. The third-order valence-electron chi connectivity index (χ3n) is 4.79. The normalized spacial score (nSPS) is 24.6. The Kier molecular flexibility index (Phi) is 6.57. The maximum Gasteiger partial charge on any atom is 0.0609 e. The molecule has 112 valence electrons. The zero-order valence-electron chi connectivity index (χ0n) is 12.5. The van der Waals surface area contributed by atoms with Crippen LogP contribution in [-0.2, 0) is 6.42 Å². The highest BCUT2D eigenvalue weighted by atomic mass is 79.9. The van der Waals surface area contributed by atoms with Crippen molar-refractivity contribution in [3.63, 3.8) is 0 Å². The molecular weight excluding hydrogens is 312 g/mol. The van der Waals surface area contributed by atoms with Gasteiger partial charge in [0.25, 0.3) is 0 Å². The van der Waals surface area contributed by atoms with Crippen molar-refractivity contribution >= 4 is 15.9 Å². The Hall–Kier alpha value is -0.340. The Morgan fingerprint density at radius 1 is 1.20 bits per heavy atom. The molecule has 0 bridgehead atoms. The van der Waals surface area contributed by atoms with Gasteiger partial charge in [-0.05, 0) is 42.7 Å². The van der Waals surface area contributed by atoms with E-state index >= 15 is 0 Å². The van der Waals surface area contributed by atoms with Crippen LogP contribution in [0.25, 0.3) is 0 Å². The van der Waals surface area contributed by atoms with Gasteiger partial charge >= 0.3 is 0 Å². The number of rotatable bonds is 6. The highest BCUT2D eigenvalue weighted by Crippen LogP contribution is 2.34. The molecule has 0 radical (unpaired) electrons. The first kappa shape index (κ1) is 16.0. The molecule has 1 aromatic rings. The van der Waals surface area contributed by atoms with E-state index in [4.69, 9.17) is 0 Å². The van der Waals surface area contributed by atoms with Crippen molar-refractivity contribution in [1.82, 2.24) is 0 Å². The summed E-state index contributed by atoms with van der Waals surface area (Å²) in [5.41, 5.74) is 1.23. The first-order chi connectivity index (χ1) is 9.70. The molecule has 0 aliphatic heterocycles. The van der Waals surface area contributed by atoms with Crippen LogP contribution in [-0.4, -0.2) is 11.2 Å². The lowest BCUT2D eigenvalue weighted by atomic mass is 9.76. The third kappa shape index (κ3) is 4.60. The summed E-state index contributed by atoms with van der Waals surface area (Å²) in [6.07, 6.45) is 9.73. The molecule has 20 heavy (non-hydrogen) atoms. The Bertz CT molecular complexity index is 396. The van der Waals surface area contributed by atoms with Crippen LogP contribution < -0.4 is 0 Å². The predicted octanol–water partition coefficient (Wildman–Crippen LogP) is 5.35. The SMILES string of the molecule is CCCCC1CCC(C(O)Cc2ccccc2Br)CC1. The largest absolute Gasteiger partial charge is 0.392 e. The summed E-state index contributed by atoms with van der Waals surface area (Å²) in [7, 11) is 0. The van der Waals surface area contributed by atoms with Crippen molar-refractivity contribution in [2.24, 2.45) is 11.8 Å². The van der Waals surface area contributed by atoms with Crippen molar-refractivity contribution < 1.29 is 5.11 Å². The number of aliphatic hydroxyl groups is 1. The molecule has 1 atom stereocenters. The molecule has 1 fully saturated rings. The second kappa shape index (κ2) is 8.19. The van der Waals surface area contributed by atoms with Crippen molar-refractivity contribution in [1.29, 1.82) is 0 Å². The van der Waals surface area contributed by atoms with Crippen LogP contribution in [0, 0.1) is 11.8 Å². The first-order valence-corrected chi connectivity index (χ1v) is 8.91. The molecule has 0 spiro atoms. The van der Waals surface area contributed by atoms with Crippen LogP contribution in [0.2, 0.25) is 0 Å². The molecule has 2 rings (SSSR count). The van der Waals surface area contributed by atoms with E-state index in [0.29, 0.717) is 5.92 Å². The smallest absolute Gasteiger partial charge is 0.0609 e. The molecule has 1 aliphatic carbocycles. The third-order valence-corrected chi connectivity index (χ3v) is 5.56. The second-order valence-corrected chi connectivity index (χ2v) is 7.14. The second-order valence-electron chi connectivity index (χ2n) is 6.29. The molecule has 0 saturated heterocycles. The molecule has 0 amide bonds. The van der Waals surface area contributed by atoms with Gasteiger partial charge in [0.05, 0.1) is 6.10 Å². The van der Waals surface area contributed by atoms with Gasteiger partial charge in [0, 0.05) is 4.47 Å². The maximum absolute atomic E-state index is 10.5. The van der Waals surface area contributed by atoms with E-state index in [-0.39, 0.29) is 6.10 Å². The highest BCUT2D eigenvalue weighted by Gasteiger charge is 2.26. The summed E-state index contributed by atoms with van der Waals surface area (Å²) in [5, 5.41) is 10.5. The number of aliphatic hydroxyl groups excluding tert-OH is 1. The fourth-order valence-corrected chi connectivity index (χ4v) is 3.86. The van der Waals surface area contributed by atoms with E-state index in [9.17, 15) is 5.11 Å². The van der Waals surface area contributed by atoms with Crippen LogP contribution in [0.3, 0.4) is 0 Å². The van der Waals surface area contributed by atoms with E-state index in [0.717, 1.165) is 16.8 Å². The Labute approximate surface area is 131 Å². The summed E-state index contributed by atoms with van der Waals surface area (Å²) < 4.78 is 1.12. The Morgan fingerprint density at radius 2 is 1.90 bits per heavy atom. The lowest BCUT2D eigenvalue weighted by Gasteiger charge is -2.31. The van der Waals surface area contributed by atoms with E-state index in [1.807, 2.05) is 6.07 Å². The number of benzene rings is 1. The Balaban J connectivity index is 1.80. The molecule has 1 N–H and O–H groups in total. The molecule has 1 nitrogen and oxygen atoms in total. The van der Waals surface area contributed by atoms with Crippen LogP contribution in [0.5, 0.6) is 0 Å². The summed E-state index contributed by atoms with van der Waals surface area (Å²) in [5.74, 6) is 1.42. The van der Waals surface area contributed by atoms with Gasteiger partial charge in [0.2, 0.25) is 0 Å². The molecule has 0 aromatic heterocycles. The summed E-state index contributed by atoms with van der Waals surface area (Å²) >= 11 is 3.58. The van der Waals surface area contributed by atoms with E-state index in [1.165, 1.54) is 50.5 Å². The lowest BCUT2D eigenvalue weighted by Crippen LogP contribution is -2.27. The zero-order valence-corrected chi connectivity index (χ0v) is 14.1. The topological polar surface area (TPSA) is 20.2 Å². The standard InChI is InChI=1S/C18H27BrO/c1-2-3-6-14-9-11-15(12-10-14)18(20)13-16-7-4-5-8-17(16)19/h4-5,7-8,14-15,18,20H,2-3,6,9-13H2,1H3. The van der Waals surface area contributed by atoms with Gasteiger partial charge in [0.1, 0.15) is 0 Å². The summed E-state index contributed by atoms with van der Waals surface area (Å²) in [6, 6.07) is 8.25. The Morgan fingerprint density at radius 3 is 2.55 bits per heavy atom. The lowest BCUT2D eigenvalue weighted by molar-refractivity contribution is 0.0725. The fraction of sp³-hybridized carbons (Fsp3) is 0.667. The van der Waals surface area contributed by atoms with Crippen molar-refractivity contribution in [3.8, 4) is 0 Å². The summed E-state index contributed by atoms with van der Waals surface area (Å²) in [6.45, 7) is 2.27. The number of hydrogen-bond acceptors (Lipinski definition) is 1. The number of halogens is 1. The van der Waals surface area contributed by atoms with Gasteiger partial charge in [0.15, 0.2) is 0 Å². The van der Waals surface area contributed by atoms with Gasteiger partial charge in [-0.3, -0.25) is 0 Å². The van der Waals surface area contributed by atoms with Crippen molar-refractivity contribution in [2.45, 2.75) is 64.4 Å². The van der Waals surface area contributed by atoms with Gasteiger partial charge in [-0.2, -0.15) is 0 Å². The zero-order chi connectivity index (χ0) is 14.4. The molecular formula is C18H27BrO. The van der Waals surface area contributed by atoms with Crippen LogP contribution in [0.4, 0.5) is 0 Å².